The zero-order chi connectivity index (χ0) is 8.10. The smallest absolute Gasteiger partial charge is 0.150 e. The second-order valence-corrected chi connectivity index (χ2v) is 3.01. The normalized spacial score (nSPS) is 9.55. The summed E-state index contributed by atoms with van der Waals surface area (Å²) >= 11 is 1.68. The summed E-state index contributed by atoms with van der Waals surface area (Å²) in [5.74, 6) is 1.80. The zero-order valence-electron chi connectivity index (χ0n) is 6.46. The Hall–Kier alpha value is -0.830. The molecular formula is C8H11NOS. The third-order valence-electron chi connectivity index (χ3n) is 1.24. The topological polar surface area (TPSA) is 25.0 Å². The van der Waals surface area contributed by atoms with Gasteiger partial charge in [-0.1, -0.05) is 6.08 Å². The van der Waals surface area contributed by atoms with Crippen LogP contribution in [0.15, 0.2) is 29.9 Å². The van der Waals surface area contributed by atoms with Gasteiger partial charge in [-0.05, 0) is 6.07 Å². The van der Waals surface area contributed by atoms with Crippen LogP contribution >= 0.6 is 11.8 Å². The van der Waals surface area contributed by atoms with Crippen molar-refractivity contribution in [1.82, 2.24) is 4.98 Å². The highest BCUT2D eigenvalue weighted by Gasteiger charge is 2.01. The van der Waals surface area contributed by atoms with Gasteiger partial charge in [-0.25, -0.2) is 0 Å². The Balaban J connectivity index is 2.60. The van der Waals surface area contributed by atoms with Gasteiger partial charge in [0.25, 0.3) is 0 Å². The maximum atomic E-state index is 5.10. The molecule has 3 heteroatoms. The molecule has 1 heterocycles. The molecule has 60 valence electrons. The molecule has 1 rings (SSSR count). The fourth-order valence-corrected chi connectivity index (χ4v) is 1.49. The molecule has 0 aliphatic carbocycles. The summed E-state index contributed by atoms with van der Waals surface area (Å²) in [7, 11) is 1.67. The first-order chi connectivity index (χ1) is 5.38. The summed E-state index contributed by atoms with van der Waals surface area (Å²) in [6, 6.07) is 1.91. The average Bonchev–Trinajstić information content (AvgIpc) is 2.47. The number of H-pyrrole nitrogens is 1. The van der Waals surface area contributed by atoms with E-state index >= 15 is 0 Å². The van der Waals surface area contributed by atoms with E-state index in [9.17, 15) is 0 Å². The molecule has 1 aromatic rings. The summed E-state index contributed by atoms with van der Waals surface area (Å²) in [5.41, 5.74) is 0. The first-order valence-electron chi connectivity index (χ1n) is 3.33. The Bertz CT molecular complexity index is 232. The standard InChI is InChI=1S/C8H11NOS/c1-3-6-11-8-7(10-2)4-5-9-8/h3-5,9H,1,6H2,2H3. The van der Waals surface area contributed by atoms with Gasteiger partial charge < -0.3 is 9.72 Å². The van der Waals surface area contributed by atoms with E-state index in [-0.39, 0.29) is 0 Å². The lowest BCUT2D eigenvalue weighted by molar-refractivity contribution is 0.405. The summed E-state index contributed by atoms with van der Waals surface area (Å²) in [6.45, 7) is 3.64. The number of thioether (sulfide) groups is 1. The predicted molar refractivity (Wildman–Crippen MR) is 48.3 cm³/mol. The van der Waals surface area contributed by atoms with Crippen molar-refractivity contribution >= 4 is 11.8 Å². The van der Waals surface area contributed by atoms with Gasteiger partial charge in [0.05, 0.1) is 7.11 Å². The van der Waals surface area contributed by atoms with Gasteiger partial charge in [0.2, 0.25) is 0 Å². The highest BCUT2D eigenvalue weighted by Crippen LogP contribution is 2.26. The Kier molecular flexibility index (Phi) is 3.11. The van der Waals surface area contributed by atoms with Gasteiger partial charge in [0, 0.05) is 11.9 Å². The summed E-state index contributed by atoms with van der Waals surface area (Å²) in [6.07, 6.45) is 3.73. The van der Waals surface area contributed by atoms with Gasteiger partial charge in [0.15, 0.2) is 0 Å². The lowest BCUT2D eigenvalue weighted by Gasteiger charge is -1.98. The Morgan fingerprint density at radius 2 is 2.64 bits per heavy atom. The Labute approximate surface area is 70.6 Å². The quantitative estimate of drug-likeness (QED) is 0.552. The number of hydrogen-bond acceptors (Lipinski definition) is 2. The SMILES string of the molecule is C=CCSc1[nH]ccc1OC. The van der Waals surface area contributed by atoms with E-state index in [1.54, 1.807) is 18.9 Å². The Morgan fingerprint density at radius 1 is 1.82 bits per heavy atom. The van der Waals surface area contributed by atoms with Crippen LogP contribution in [0.2, 0.25) is 0 Å². The molecular weight excluding hydrogens is 158 g/mol. The lowest BCUT2D eigenvalue weighted by atomic mass is 10.6. The zero-order valence-corrected chi connectivity index (χ0v) is 7.28. The first kappa shape index (κ1) is 8.27. The molecule has 1 aromatic heterocycles. The van der Waals surface area contributed by atoms with E-state index < -0.39 is 0 Å². The molecule has 0 aromatic carbocycles. The molecule has 0 aliphatic rings. The number of rotatable bonds is 4. The van der Waals surface area contributed by atoms with E-state index in [1.807, 2.05) is 18.3 Å². The molecule has 0 amide bonds. The first-order valence-corrected chi connectivity index (χ1v) is 4.32. The average molecular weight is 169 g/mol. The Morgan fingerprint density at radius 3 is 3.27 bits per heavy atom. The summed E-state index contributed by atoms with van der Waals surface area (Å²) in [4.78, 5) is 3.08. The second kappa shape index (κ2) is 4.13. The molecule has 0 aliphatic heterocycles. The van der Waals surface area contributed by atoms with Crippen molar-refractivity contribution in [3.8, 4) is 5.75 Å². The lowest BCUT2D eigenvalue weighted by Crippen LogP contribution is -1.82. The molecule has 0 saturated carbocycles. The van der Waals surface area contributed by atoms with Crippen LogP contribution in [0.25, 0.3) is 0 Å². The monoisotopic (exact) mass is 169 g/mol. The van der Waals surface area contributed by atoms with Crippen LogP contribution in [0.4, 0.5) is 0 Å². The van der Waals surface area contributed by atoms with Crippen molar-refractivity contribution in [3.63, 3.8) is 0 Å². The van der Waals surface area contributed by atoms with Gasteiger partial charge in [-0.3, -0.25) is 0 Å². The minimum atomic E-state index is 0.900. The van der Waals surface area contributed by atoms with Crippen molar-refractivity contribution in [2.24, 2.45) is 0 Å². The number of ether oxygens (including phenoxy) is 1. The fraction of sp³-hybridized carbons (Fsp3) is 0.250. The minimum Gasteiger partial charge on any atom is -0.494 e. The largest absolute Gasteiger partial charge is 0.494 e. The third kappa shape index (κ3) is 2.05. The summed E-state index contributed by atoms with van der Waals surface area (Å²) < 4.78 is 5.10. The van der Waals surface area contributed by atoms with E-state index in [4.69, 9.17) is 4.74 Å². The fourth-order valence-electron chi connectivity index (χ4n) is 0.756. The van der Waals surface area contributed by atoms with Crippen LogP contribution in [0.5, 0.6) is 5.75 Å². The van der Waals surface area contributed by atoms with Crippen LogP contribution in [-0.4, -0.2) is 17.8 Å². The van der Waals surface area contributed by atoms with Crippen molar-refractivity contribution < 1.29 is 4.74 Å². The van der Waals surface area contributed by atoms with Crippen LogP contribution in [0.1, 0.15) is 0 Å². The molecule has 1 N–H and O–H groups in total. The molecule has 0 bridgehead atoms. The van der Waals surface area contributed by atoms with E-state index in [0.717, 1.165) is 16.5 Å². The van der Waals surface area contributed by atoms with E-state index in [0.29, 0.717) is 0 Å². The van der Waals surface area contributed by atoms with E-state index in [2.05, 4.69) is 11.6 Å². The van der Waals surface area contributed by atoms with Crippen LogP contribution in [0.3, 0.4) is 0 Å². The number of hydrogen-bond donors (Lipinski definition) is 1. The van der Waals surface area contributed by atoms with Gasteiger partial charge >= 0.3 is 0 Å². The molecule has 0 fully saturated rings. The van der Waals surface area contributed by atoms with Gasteiger partial charge in [-0.2, -0.15) is 0 Å². The molecule has 0 unspecified atom stereocenters. The number of aromatic nitrogens is 1. The molecule has 11 heavy (non-hydrogen) atoms. The van der Waals surface area contributed by atoms with Crippen LogP contribution in [0, 0.1) is 0 Å². The highest BCUT2D eigenvalue weighted by atomic mass is 32.2. The highest BCUT2D eigenvalue weighted by molar-refractivity contribution is 7.99. The van der Waals surface area contributed by atoms with Crippen molar-refractivity contribution in [2.45, 2.75) is 5.03 Å². The van der Waals surface area contributed by atoms with Crippen molar-refractivity contribution in [1.29, 1.82) is 0 Å². The van der Waals surface area contributed by atoms with Crippen molar-refractivity contribution in [3.05, 3.63) is 24.9 Å². The summed E-state index contributed by atoms with van der Waals surface area (Å²) in [5, 5.41) is 1.06. The number of methoxy groups -OCH3 is 1. The van der Waals surface area contributed by atoms with Gasteiger partial charge in [-0.15, -0.1) is 18.3 Å². The third-order valence-corrected chi connectivity index (χ3v) is 2.25. The maximum Gasteiger partial charge on any atom is 0.150 e. The van der Waals surface area contributed by atoms with E-state index in [1.165, 1.54) is 0 Å². The minimum absolute atomic E-state index is 0.900. The molecule has 0 saturated heterocycles. The number of nitrogens with one attached hydrogen (secondary N) is 1. The molecule has 0 spiro atoms. The second-order valence-electron chi connectivity index (χ2n) is 1.97. The number of aromatic amines is 1. The maximum absolute atomic E-state index is 5.10. The molecule has 0 radical (unpaired) electrons. The van der Waals surface area contributed by atoms with Gasteiger partial charge in [0.1, 0.15) is 10.8 Å². The molecule has 2 nitrogen and oxygen atoms in total. The predicted octanol–water partition coefficient (Wildman–Crippen LogP) is 2.30. The molecule has 0 atom stereocenters. The van der Waals surface area contributed by atoms with Crippen molar-refractivity contribution in [2.75, 3.05) is 12.9 Å². The van der Waals surface area contributed by atoms with Crippen LogP contribution < -0.4 is 4.74 Å². The van der Waals surface area contributed by atoms with Crippen LogP contribution in [-0.2, 0) is 0 Å².